The Bertz CT molecular complexity index is 938. The normalized spacial score (nSPS) is 11.9. The first kappa shape index (κ1) is 19.4. The molecular weight excluding hydrogens is 380 g/mol. The zero-order valence-electron chi connectivity index (χ0n) is 15.5. The highest BCUT2D eigenvalue weighted by molar-refractivity contribution is 7.13. The maximum absolute atomic E-state index is 12.3. The van der Waals surface area contributed by atoms with Crippen LogP contribution in [0.5, 0.6) is 5.75 Å². The second-order valence-corrected chi connectivity index (χ2v) is 7.66. The van der Waals surface area contributed by atoms with Gasteiger partial charge in [-0.05, 0) is 44.5 Å². The van der Waals surface area contributed by atoms with Gasteiger partial charge in [0.1, 0.15) is 10.8 Å². The lowest BCUT2D eigenvalue weighted by atomic mass is 10.2. The summed E-state index contributed by atoms with van der Waals surface area (Å²) in [5.74, 6) is 0.433. The van der Waals surface area contributed by atoms with E-state index in [1.807, 2.05) is 18.4 Å². The van der Waals surface area contributed by atoms with Crippen LogP contribution in [0.3, 0.4) is 0 Å². The first-order valence-corrected chi connectivity index (χ1v) is 9.90. The summed E-state index contributed by atoms with van der Waals surface area (Å²) in [5.41, 5.74) is 4.04. The zero-order chi connectivity index (χ0) is 19.4. The smallest absolute Gasteiger partial charge is 0.261 e. The van der Waals surface area contributed by atoms with Crippen LogP contribution >= 0.6 is 22.9 Å². The number of aromatic nitrogens is 1. The topological polar surface area (TPSA) is 51.2 Å². The van der Waals surface area contributed by atoms with Gasteiger partial charge in [-0.1, -0.05) is 41.4 Å². The van der Waals surface area contributed by atoms with E-state index in [1.165, 1.54) is 5.56 Å². The van der Waals surface area contributed by atoms with E-state index < -0.39 is 6.10 Å². The van der Waals surface area contributed by atoms with Gasteiger partial charge in [-0.15, -0.1) is 11.3 Å². The van der Waals surface area contributed by atoms with Crippen molar-refractivity contribution in [3.05, 3.63) is 69.7 Å². The van der Waals surface area contributed by atoms with Crippen molar-refractivity contribution in [1.82, 2.24) is 10.3 Å². The van der Waals surface area contributed by atoms with Crippen molar-refractivity contribution >= 4 is 28.8 Å². The molecule has 1 heterocycles. The molecule has 0 radical (unpaired) electrons. The fourth-order valence-electron chi connectivity index (χ4n) is 2.49. The van der Waals surface area contributed by atoms with Crippen molar-refractivity contribution in [3.63, 3.8) is 0 Å². The lowest BCUT2D eigenvalue weighted by Crippen LogP contribution is -2.36. The summed E-state index contributed by atoms with van der Waals surface area (Å²) in [5, 5.41) is 6.45. The average molecular weight is 401 g/mol. The van der Waals surface area contributed by atoms with Gasteiger partial charge in [-0.3, -0.25) is 4.79 Å². The van der Waals surface area contributed by atoms with Crippen LogP contribution < -0.4 is 10.1 Å². The summed E-state index contributed by atoms with van der Waals surface area (Å²) < 4.78 is 5.70. The lowest BCUT2D eigenvalue weighted by Gasteiger charge is -2.15. The Morgan fingerprint density at radius 2 is 1.96 bits per heavy atom. The first-order valence-electron chi connectivity index (χ1n) is 8.64. The van der Waals surface area contributed by atoms with Crippen LogP contribution in [0.25, 0.3) is 10.6 Å². The van der Waals surface area contributed by atoms with Gasteiger partial charge >= 0.3 is 0 Å². The van der Waals surface area contributed by atoms with Gasteiger partial charge in [0.25, 0.3) is 5.91 Å². The van der Waals surface area contributed by atoms with Gasteiger partial charge in [0.15, 0.2) is 6.10 Å². The Morgan fingerprint density at radius 1 is 1.22 bits per heavy atom. The standard InChI is InChI=1S/C21H21ClN2O2S/c1-13-4-6-16(7-5-13)21-24-17(12-27-21)11-23-20(25)15(3)26-18-8-9-19(22)14(2)10-18/h4-10,12,15H,11H2,1-3H3,(H,23,25)/t15-/m1/s1. The van der Waals surface area contributed by atoms with Crippen molar-refractivity contribution in [2.45, 2.75) is 33.4 Å². The van der Waals surface area contributed by atoms with Crippen molar-refractivity contribution in [3.8, 4) is 16.3 Å². The second kappa shape index (κ2) is 8.55. The number of rotatable bonds is 6. The maximum atomic E-state index is 12.3. The molecule has 27 heavy (non-hydrogen) atoms. The van der Waals surface area contributed by atoms with E-state index in [9.17, 15) is 4.79 Å². The summed E-state index contributed by atoms with van der Waals surface area (Å²) >= 11 is 7.58. The molecule has 1 aromatic heterocycles. The van der Waals surface area contributed by atoms with E-state index in [4.69, 9.17) is 16.3 Å². The number of halogens is 1. The maximum Gasteiger partial charge on any atom is 0.261 e. The Hall–Kier alpha value is -2.37. The third kappa shape index (κ3) is 5.08. The SMILES string of the molecule is Cc1ccc(-c2nc(CNC(=O)[C@@H](C)Oc3ccc(Cl)c(C)c3)cs2)cc1. The minimum absolute atomic E-state index is 0.188. The fraction of sp³-hybridized carbons (Fsp3) is 0.238. The van der Waals surface area contributed by atoms with Crippen molar-refractivity contribution in [2.24, 2.45) is 0 Å². The van der Waals surface area contributed by atoms with Gasteiger partial charge < -0.3 is 10.1 Å². The van der Waals surface area contributed by atoms with Crippen molar-refractivity contribution in [1.29, 1.82) is 0 Å². The molecule has 0 saturated carbocycles. The van der Waals surface area contributed by atoms with Crippen LogP contribution in [0.15, 0.2) is 47.8 Å². The molecule has 0 aliphatic heterocycles. The molecule has 0 aliphatic rings. The van der Waals surface area contributed by atoms with Gasteiger partial charge in [0, 0.05) is 16.0 Å². The van der Waals surface area contributed by atoms with E-state index in [2.05, 4.69) is 41.5 Å². The Kier molecular flexibility index (Phi) is 6.14. The number of amides is 1. The van der Waals surface area contributed by atoms with Crippen LogP contribution in [0.4, 0.5) is 0 Å². The van der Waals surface area contributed by atoms with Crippen molar-refractivity contribution in [2.75, 3.05) is 0 Å². The number of benzene rings is 2. The minimum atomic E-state index is -0.610. The molecule has 3 aromatic rings. The molecule has 3 rings (SSSR count). The predicted molar refractivity (Wildman–Crippen MR) is 110 cm³/mol. The highest BCUT2D eigenvalue weighted by atomic mass is 35.5. The number of nitrogens with zero attached hydrogens (tertiary/aromatic N) is 1. The molecule has 0 unspecified atom stereocenters. The highest BCUT2D eigenvalue weighted by Crippen LogP contribution is 2.24. The van der Waals surface area contributed by atoms with Gasteiger partial charge in [0.2, 0.25) is 0 Å². The minimum Gasteiger partial charge on any atom is -0.481 e. The molecule has 0 saturated heterocycles. The molecule has 1 N–H and O–H groups in total. The molecule has 1 atom stereocenters. The van der Waals surface area contributed by atoms with Crippen LogP contribution in [0.2, 0.25) is 5.02 Å². The Morgan fingerprint density at radius 3 is 2.67 bits per heavy atom. The molecule has 4 nitrogen and oxygen atoms in total. The van der Waals surface area contributed by atoms with Crippen LogP contribution in [0.1, 0.15) is 23.7 Å². The molecule has 0 spiro atoms. The third-order valence-corrected chi connectivity index (χ3v) is 5.47. The number of thiazole rings is 1. The molecule has 0 fully saturated rings. The number of carbonyl (C=O) groups is 1. The van der Waals surface area contributed by atoms with E-state index in [0.29, 0.717) is 17.3 Å². The Balaban J connectivity index is 1.55. The molecule has 6 heteroatoms. The highest BCUT2D eigenvalue weighted by Gasteiger charge is 2.15. The lowest BCUT2D eigenvalue weighted by molar-refractivity contribution is -0.127. The fourth-order valence-corrected chi connectivity index (χ4v) is 3.43. The van der Waals surface area contributed by atoms with E-state index >= 15 is 0 Å². The molecule has 140 valence electrons. The number of ether oxygens (including phenoxy) is 1. The predicted octanol–water partition coefficient (Wildman–Crippen LogP) is 5.16. The number of hydrogen-bond donors (Lipinski definition) is 1. The third-order valence-electron chi connectivity index (χ3n) is 4.11. The van der Waals surface area contributed by atoms with Gasteiger partial charge in [-0.25, -0.2) is 4.98 Å². The molecule has 1 amide bonds. The molecule has 2 aromatic carbocycles. The van der Waals surface area contributed by atoms with Crippen LogP contribution in [-0.4, -0.2) is 17.0 Å². The summed E-state index contributed by atoms with van der Waals surface area (Å²) in [6.07, 6.45) is -0.610. The summed E-state index contributed by atoms with van der Waals surface area (Å²) in [4.78, 5) is 16.9. The number of aryl methyl sites for hydroxylation is 2. The Labute approximate surface area is 168 Å². The van der Waals surface area contributed by atoms with Gasteiger partial charge in [-0.2, -0.15) is 0 Å². The molecule has 0 aliphatic carbocycles. The number of carbonyl (C=O) groups excluding carboxylic acids is 1. The first-order chi connectivity index (χ1) is 12.9. The van der Waals surface area contributed by atoms with E-state index in [1.54, 1.807) is 30.4 Å². The van der Waals surface area contributed by atoms with E-state index in [0.717, 1.165) is 21.8 Å². The summed E-state index contributed by atoms with van der Waals surface area (Å²) in [6, 6.07) is 13.6. The van der Waals surface area contributed by atoms with Gasteiger partial charge in [0.05, 0.1) is 12.2 Å². The molecular formula is C21H21ClN2O2S. The second-order valence-electron chi connectivity index (χ2n) is 6.40. The number of hydrogen-bond acceptors (Lipinski definition) is 4. The zero-order valence-corrected chi connectivity index (χ0v) is 17.0. The largest absolute Gasteiger partial charge is 0.481 e. The number of nitrogens with one attached hydrogen (secondary N) is 1. The van der Waals surface area contributed by atoms with E-state index in [-0.39, 0.29) is 5.91 Å². The van der Waals surface area contributed by atoms with Crippen LogP contribution in [-0.2, 0) is 11.3 Å². The van der Waals surface area contributed by atoms with Crippen LogP contribution in [0, 0.1) is 13.8 Å². The average Bonchev–Trinajstić information content (AvgIpc) is 3.12. The quantitative estimate of drug-likeness (QED) is 0.621. The monoisotopic (exact) mass is 400 g/mol. The molecule has 0 bridgehead atoms. The van der Waals surface area contributed by atoms with Crippen molar-refractivity contribution < 1.29 is 9.53 Å². The summed E-state index contributed by atoms with van der Waals surface area (Å²) in [7, 11) is 0. The summed E-state index contributed by atoms with van der Waals surface area (Å²) in [6.45, 7) is 6.04.